The molecule has 4 rings (SSSR count). The van der Waals surface area contributed by atoms with Gasteiger partial charge in [-0.25, -0.2) is 9.50 Å². The van der Waals surface area contributed by atoms with E-state index >= 15 is 0 Å². The van der Waals surface area contributed by atoms with Crippen LogP contribution in [-0.4, -0.2) is 47.6 Å². The molecule has 0 unspecified atom stereocenters. The minimum absolute atomic E-state index is 0.105. The standard InChI is InChI=1S/C19H21N7O2/c1-4-18(27)24-5-6-25-16(11-24)14(9-22-25)8-21-19(28)15-10-20-17-7-12(2)23-26(17)13(15)3/h4,7,9-10H,1,5-6,8,11H2,2-3H3,(H,21,28). The van der Waals surface area contributed by atoms with Gasteiger partial charge in [0.15, 0.2) is 5.65 Å². The fourth-order valence-electron chi connectivity index (χ4n) is 3.42. The van der Waals surface area contributed by atoms with Crippen LogP contribution in [-0.2, 0) is 24.4 Å². The lowest BCUT2D eigenvalue weighted by atomic mass is 10.2. The first-order valence-corrected chi connectivity index (χ1v) is 9.03. The lowest BCUT2D eigenvalue weighted by Crippen LogP contribution is -2.38. The number of carbonyl (C=O) groups is 2. The Labute approximate surface area is 161 Å². The number of hydrogen-bond acceptors (Lipinski definition) is 5. The zero-order chi connectivity index (χ0) is 19.8. The first-order valence-electron chi connectivity index (χ1n) is 9.03. The molecule has 2 amide bonds. The Morgan fingerprint density at radius 2 is 2.11 bits per heavy atom. The van der Waals surface area contributed by atoms with Gasteiger partial charge in [0.25, 0.3) is 5.91 Å². The zero-order valence-electron chi connectivity index (χ0n) is 15.8. The van der Waals surface area contributed by atoms with Gasteiger partial charge in [-0.15, -0.1) is 0 Å². The van der Waals surface area contributed by atoms with E-state index in [4.69, 9.17) is 0 Å². The van der Waals surface area contributed by atoms with Gasteiger partial charge >= 0.3 is 0 Å². The molecule has 0 atom stereocenters. The molecule has 1 aliphatic rings. The molecule has 4 heterocycles. The van der Waals surface area contributed by atoms with Crippen LogP contribution in [0.5, 0.6) is 0 Å². The summed E-state index contributed by atoms with van der Waals surface area (Å²) in [6.07, 6.45) is 4.62. The Hall–Kier alpha value is -3.49. The number of aryl methyl sites for hydroxylation is 2. The average molecular weight is 379 g/mol. The maximum absolute atomic E-state index is 12.7. The number of aromatic nitrogens is 5. The lowest BCUT2D eigenvalue weighted by molar-refractivity contribution is -0.127. The predicted octanol–water partition coefficient (Wildman–Crippen LogP) is 1.00. The van der Waals surface area contributed by atoms with E-state index in [9.17, 15) is 9.59 Å². The molecular formula is C19H21N7O2. The Bertz CT molecular complexity index is 1100. The lowest BCUT2D eigenvalue weighted by Gasteiger charge is -2.27. The van der Waals surface area contributed by atoms with Gasteiger partial charge in [0.1, 0.15) is 0 Å². The monoisotopic (exact) mass is 379 g/mol. The van der Waals surface area contributed by atoms with Gasteiger partial charge in [-0.3, -0.25) is 14.3 Å². The van der Waals surface area contributed by atoms with Crippen molar-refractivity contribution in [1.82, 2.24) is 34.6 Å². The normalized spacial score (nSPS) is 13.4. The quantitative estimate of drug-likeness (QED) is 0.682. The van der Waals surface area contributed by atoms with E-state index in [0.29, 0.717) is 37.4 Å². The van der Waals surface area contributed by atoms with Crippen molar-refractivity contribution < 1.29 is 9.59 Å². The summed E-state index contributed by atoms with van der Waals surface area (Å²) >= 11 is 0. The van der Waals surface area contributed by atoms with Crippen molar-refractivity contribution >= 4 is 17.5 Å². The molecule has 1 aliphatic heterocycles. The van der Waals surface area contributed by atoms with E-state index < -0.39 is 0 Å². The third kappa shape index (κ3) is 3.04. The van der Waals surface area contributed by atoms with Crippen molar-refractivity contribution in [3.63, 3.8) is 0 Å². The van der Waals surface area contributed by atoms with Crippen LogP contribution < -0.4 is 5.32 Å². The molecule has 3 aromatic heterocycles. The van der Waals surface area contributed by atoms with Crippen molar-refractivity contribution in [2.75, 3.05) is 6.54 Å². The summed E-state index contributed by atoms with van der Waals surface area (Å²) in [7, 11) is 0. The Morgan fingerprint density at radius 1 is 1.29 bits per heavy atom. The van der Waals surface area contributed by atoms with Gasteiger partial charge in [-0.1, -0.05) is 6.58 Å². The summed E-state index contributed by atoms with van der Waals surface area (Å²) in [5.41, 5.74) is 4.57. The summed E-state index contributed by atoms with van der Waals surface area (Å²) in [6.45, 7) is 9.27. The second kappa shape index (κ2) is 6.91. The van der Waals surface area contributed by atoms with Gasteiger partial charge < -0.3 is 10.2 Å². The fourth-order valence-corrected chi connectivity index (χ4v) is 3.42. The van der Waals surface area contributed by atoms with Crippen LogP contribution in [0.3, 0.4) is 0 Å². The van der Waals surface area contributed by atoms with Crippen LogP contribution in [0.25, 0.3) is 5.65 Å². The number of fused-ring (bicyclic) bond motifs is 2. The zero-order valence-corrected chi connectivity index (χ0v) is 15.8. The van der Waals surface area contributed by atoms with Crippen LogP contribution in [0.15, 0.2) is 31.1 Å². The first kappa shape index (κ1) is 17.9. The maximum atomic E-state index is 12.7. The number of nitrogens with zero attached hydrogens (tertiary/aromatic N) is 6. The summed E-state index contributed by atoms with van der Waals surface area (Å²) in [5, 5.41) is 11.7. The van der Waals surface area contributed by atoms with Crippen molar-refractivity contribution in [3.05, 3.63) is 59.3 Å². The molecule has 0 saturated carbocycles. The van der Waals surface area contributed by atoms with E-state index in [2.05, 4.69) is 27.1 Å². The molecule has 0 fully saturated rings. The van der Waals surface area contributed by atoms with E-state index in [-0.39, 0.29) is 11.8 Å². The highest BCUT2D eigenvalue weighted by atomic mass is 16.2. The summed E-state index contributed by atoms with van der Waals surface area (Å²) in [4.78, 5) is 30.6. The number of amides is 2. The molecular weight excluding hydrogens is 358 g/mol. The second-order valence-electron chi connectivity index (χ2n) is 6.80. The van der Waals surface area contributed by atoms with Crippen LogP contribution in [0.4, 0.5) is 0 Å². The molecule has 0 radical (unpaired) electrons. The Balaban J connectivity index is 1.51. The molecule has 3 aromatic rings. The number of rotatable bonds is 4. The minimum Gasteiger partial charge on any atom is -0.348 e. The molecule has 144 valence electrons. The van der Waals surface area contributed by atoms with Crippen LogP contribution in [0.2, 0.25) is 0 Å². The van der Waals surface area contributed by atoms with Crippen molar-refractivity contribution in [2.24, 2.45) is 0 Å². The van der Waals surface area contributed by atoms with Crippen LogP contribution >= 0.6 is 0 Å². The molecule has 1 N–H and O–H groups in total. The highest BCUT2D eigenvalue weighted by Gasteiger charge is 2.23. The summed E-state index contributed by atoms with van der Waals surface area (Å²) < 4.78 is 3.55. The smallest absolute Gasteiger partial charge is 0.254 e. The van der Waals surface area contributed by atoms with E-state index in [1.54, 1.807) is 21.8 Å². The summed E-state index contributed by atoms with van der Waals surface area (Å²) in [5.74, 6) is -0.332. The topological polar surface area (TPSA) is 97.4 Å². The van der Waals surface area contributed by atoms with Gasteiger partial charge in [0.2, 0.25) is 5.91 Å². The SMILES string of the molecule is C=CC(=O)N1CCn2ncc(CNC(=O)c3cnc4cc(C)nn4c3C)c2C1. The second-order valence-corrected chi connectivity index (χ2v) is 6.80. The van der Waals surface area contributed by atoms with E-state index in [1.807, 2.05) is 24.6 Å². The van der Waals surface area contributed by atoms with Crippen LogP contribution in [0.1, 0.15) is 33.0 Å². The van der Waals surface area contributed by atoms with Crippen LogP contribution in [0, 0.1) is 13.8 Å². The average Bonchev–Trinajstić information content (AvgIpc) is 3.28. The molecule has 9 nitrogen and oxygen atoms in total. The van der Waals surface area contributed by atoms with Gasteiger partial charge in [-0.2, -0.15) is 10.2 Å². The molecule has 9 heteroatoms. The molecule has 0 aliphatic carbocycles. The molecule has 0 spiro atoms. The number of hydrogen-bond donors (Lipinski definition) is 1. The number of carbonyl (C=O) groups excluding carboxylic acids is 2. The number of nitrogens with one attached hydrogen (secondary N) is 1. The maximum Gasteiger partial charge on any atom is 0.254 e. The molecule has 0 saturated heterocycles. The summed E-state index contributed by atoms with van der Waals surface area (Å²) in [6, 6.07) is 1.87. The molecule has 28 heavy (non-hydrogen) atoms. The van der Waals surface area contributed by atoms with E-state index in [1.165, 1.54) is 6.08 Å². The van der Waals surface area contributed by atoms with Crippen molar-refractivity contribution in [2.45, 2.75) is 33.5 Å². The Kier molecular flexibility index (Phi) is 4.42. The van der Waals surface area contributed by atoms with E-state index in [0.717, 1.165) is 22.6 Å². The third-order valence-electron chi connectivity index (χ3n) is 4.97. The third-order valence-corrected chi connectivity index (χ3v) is 4.97. The molecule has 0 bridgehead atoms. The highest BCUT2D eigenvalue weighted by molar-refractivity contribution is 5.95. The largest absolute Gasteiger partial charge is 0.348 e. The molecule has 0 aromatic carbocycles. The van der Waals surface area contributed by atoms with Gasteiger partial charge in [-0.05, 0) is 19.9 Å². The van der Waals surface area contributed by atoms with Gasteiger partial charge in [0, 0.05) is 30.9 Å². The van der Waals surface area contributed by atoms with Gasteiger partial charge in [0.05, 0.1) is 41.9 Å². The minimum atomic E-state index is -0.227. The van der Waals surface area contributed by atoms with Crippen molar-refractivity contribution in [1.29, 1.82) is 0 Å². The van der Waals surface area contributed by atoms with Crippen molar-refractivity contribution in [3.8, 4) is 0 Å². The highest BCUT2D eigenvalue weighted by Crippen LogP contribution is 2.17. The fraction of sp³-hybridized carbons (Fsp3) is 0.316. The first-order chi connectivity index (χ1) is 13.5. The predicted molar refractivity (Wildman–Crippen MR) is 101 cm³/mol. The Morgan fingerprint density at radius 3 is 2.89 bits per heavy atom.